The molecule has 142 valence electrons. The van der Waals surface area contributed by atoms with E-state index in [2.05, 4.69) is 53.6 Å². The predicted octanol–water partition coefficient (Wildman–Crippen LogP) is 7.77. The third kappa shape index (κ3) is 5.76. The normalized spacial score (nSPS) is 29.1. The Kier molecular flexibility index (Phi) is 7.89. The van der Waals surface area contributed by atoms with Crippen molar-refractivity contribution < 1.29 is 0 Å². The van der Waals surface area contributed by atoms with Gasteiger partial charge in [-0.3, -0.25) is 0 Å². The first-order valence-corrected chi connectivity index (χ1v) is 11.4. The standard InChI is InChI=1S/C24H35NS/c1-2-3-19-6-12-22(13-7-19)23-14-8-20(9-15-23)4-5-21-10-16-24(17-11-21)25-18-26/h10-11,16-17,19-20,22-23H,2-9,12-15H2,1H3/t19-,20?,22-,23?. The molecule has 0 unspecified atom stereocenters. The van der Waals surface area contributed by atoms with Gasteiger partial charge < -0.3 is 0 Å². The molecule has 0 aliphatic heterocycles. The van der Waals surface area contributed by atoms with E-state index in [1.165, 1.54) is 82.6 Å². The summed E-state index contributed by atoms with van der Waals surface area (Å²) in [6.45, 7) is 2.34. The van der Waals surface area contributed by atoms with Crippen LogP contribution in [-0.2, 0) is 6.42 Å². The molecule has 2 fully saturated rings. The molecule has 2 aliphatic carbocycles. The topological polar surface area (TPSA) is 12.4 Å². The number of nitrogens with zero attached hydrogens (tertiary/aromatic N) is 1. The van der Waals surface area contributed by atoms with Crippen molar-refractivity contribution in [3.05, 3.63) is 29.8 Å². The maximum absolute atomic E-state index is 4.66. The molecule has 2 aliphatic rings. The lowest BCUT2D eigenvalue weighted by Crippen LogP contribution is -2.26. The summed E-state index contributed by atoms with van der Waals surface area (Å²) in [5, 5.41) is 2.44. The molecule has 0 saturated heterocycles. The second-order valence-electron chi connectivity index (χ2n) is 8.76. The van der Waals surface area contributed by atoms with Crippen molar-refractivity contribution in [1.29, 1.82) is 0 Å². The molecular weight excluding hydrogens is 334 g/mol. The summed E-state index contributed by atoms with van der Waals surface area (Å²) in [4.78, 5) is 4.03. The zero-order valence-corrected chi connectivity index (χ0v) is 17.3. The van der Waals surface area contributed by atoms with Crippen LogP contribution < -0.4 is 0 Å². The van der Waals surface area contributed by atoms with Gasteiger partial charge in [-0.05, 0) is 92.1 Å². The third-order valence-electron chi connectivity index (χ3n) is 7.10. The number of thiocarbonyl (C=S) groups is 1. The minimum atomic E-state index is 0.915. The minimum Gasteiger partial charge on any atom is -0.195 e. The van der Waals surface area contributed by atoms with E-state index >= 15 is 0 Å². The number of hydrogen-bond donors (Lipinski definition) is 0. The van der Waals surface area contributed by atoms with E-state index in [0.717, 1.165) is 29.4 Å². The van der Waals surface area contributed by atoms with Gasteiger partial charge in [0.25, 0.3) is 0 Å². The number of benzene rings is 1. The number of isothiocyanates is 1. The molecule has 2 saturated carbocycles. The third-order valence-corrected chi connectivity index (χ3v) is 7.19. The summed E-state index contributed by atoms with van der Waals surface area (Å²) in [6.07, 6.45) is 17.4. The van der Waals surface area contributed by atoms with E-state index in [0.29, 0.717) is 0 Å². The summed E-state index contributed by atoms with van der Waals surface area (Å²) in [7, 11) is 0. The fraction of sp³-hybridized carbons (Fsp3) is 0.708. The molecule has 0 atom stereocenters. The molecule has 0 spiro atoms. The molecule has 0 N–H and O–H groups in total. The van der Waals surface area contributed by atoms with Crippen LogP contribution in [0.2, 0.25) is 0 Å². The monoisotopic (exact) mass is 369 g/mol. The maximum atomic E-state index is 4.66. The lowest BCUT2D eigenvalue weighted by atomic mass is 9.68. The van der Waals surface area contributed by atoms with Crippen LogP contribution >= 0.6 is 12.2 Å². The van der Waals surface area contributed by atoms with Gasteiger partial charge in [-0.25, -0.2) is 0 Å². The zero-order chi connectivity index (χ0) is 18.2. The van der Waals surface area contributed by atoms with E-state index in [-0.39, 0.29) is 0 Å². The molecule has 26 heavy (non-hydrogen) atoms. The Balaban J connectivity index is 1.37. The summed E-state index contributed by atoms with van der Waals surface area (Å²) >= 11 is 4.66. The van der Waals surface area contributed by atoms with Gasteiger partial charge in [-0.2, -0.15) is 4.99 Å². The smallest absolute Gasteiger partial charge is 0.0739 e. The molecular formula is C24H35NS. The molecule has 0 amide bonds. The number of aryl methyl sites for hydroxylation is 1. The average Bonchev–Trinajstić information content (AvgIpc) is 2.69. The number of aliphatic imine (C=N–C) groups is 1. The summed E-state index contributed by atoms with van der Waals surface area (Å²) in [5.41, 5.74) is 2.35. The maximum Gasteiger partial charge on any atom is 0.0739 e. The first kappa shape index (κ1) is 19.8. The highest BCUT2D eigenvalue weighted by Crippen LogP contribution is 2.42. The highest BCUT2D eigenvalue weighted by Gasteiger charge is 2.30. The van der Waals surface area contributed by atoms with Crippen molar-refractivity contribution >= 4 is 23.1 Å². The summed E-state index contributed by atoms with van der Waals surface area (Å²) in [6, 6.07) is 8.51. The van der Waals surface area contributed by atoms with Crippen molar-refractivity contribution in [3.63, 3.8) is 0 Å². The van der Waals surface area contributed by atoms with Crippen LogP contribution in [0.3, 0.4) is 0 Å². The lowest BCUT2D eigenvalue weighted by Gasteiger charge is -2.38. The van der Waals surface area contributed by atoms with Gasteiger partial charge in [0, 0.05) is 0 Å². The summed E-state index contributed by atoms with van der Waals surface area (Å²) < 4.78 is 0. The number of hydrogen-bond acceptors (Lipinski definition) is 2. The van der Waals surface area contributed by atoms with E-state index in [1.54, 1.807) is 0 Å². The van der Waals surface area contributed by atoms with Gasteiger partial charge >= 0.3 is 0 Å². The van der Waals surface area contributed by atoms with Crippen molar-refractivity contribution in [1.82, 2.24) is 0 Å². The van der Waals surface area contributed by atoms with Crippen molar-refractivity contribution in [2.24, 2.45) is 28.7 Å². The minimum absolute atomic E-state index is 0.915. The molecule has 0 bridgehead atoms. The quantitative estimate of drug-likeness (QED) is 0.353. The fourth-order valence-corrected chi connectivity index (χ4v) is 5.57. The van der Waals surface area contributed by atoms with E-state index < -0.39 is 0 Å². The Morgan fingerprint density at radius 2 is 1.38 bits per heavy atom. The van der Waals surface area contributed by atoms with E-state index in [9.17, 15) is 0 Å². The fourth-order valence-electron chi connectivity index (χ4n) is 5.47. The van der Waals surface area contributed by atoms with Crippen molar-refractivity contribution in [3.8, 4) is 0 Å². The van der Waals surface area contributed by atoms with Gasteiger partial charge in [-0.1, -0.05) is 57.6 Å². The second kappa shape index (κ2) is 10.4. The Morgan fingerprint density at radius 1 is 0.846 bits per heavy atom. The average molecular weight is 370 g/mol. The van der Waals surface area contributed by atoms with Crippen LogP contribution in [0.15, 0.2) is 29.3 Å². The molecule has 0 aromatic heterocycles. The number of rotatable bonds is 7. The van der Waals surface area contributed by atoms with E-state index in [1.807, 2.05) is 0 Å². The van der Waals surface area contributed by atoms with Crippen LogP contribution in [0.1, 0.15) is 83.1 Å². The van der Waals surface area contributed by atoms with Crippen LogP contribution in [0.25, 0.3) is 0 Å². The first-order chi connectivity index (χ1) is 12.8. The Hall–Kier alpha value is -0.980. The molecule has 1 nitrogen and oxygen atoms in total. The van der Waals surface area contributed by atoms with Crippen LogP contribution in [-0.4, -0.2) is 5.16 Å². The molecule has 0 heterocycles. The largest absolute Gasteiger partial charge is 0.195 e. The Bertz CT molecular complexity index is 571. The van der Waals surface area contributed by atoms with Gasteiger partial charge in [0.05, 0.1) is 10.8 Å². The van der Waals surface area contributed by atoms with E-state index in [4.69, 9.17) is 0 Å². The molecule has 1 aromatic rings. The Labute approximate surface area is 165 Å². The van der Waals surface area contributed by atoms with Crippen LogP contribution in [0, 0.1) is 23.7 Å². The van der Waals surface area contributed by atoms with Crippen LogP contribution in [0.4, 0.5) is 5.69 Å². The Morgan fingerprint density at radius 3 is 1.88 bits per heavy atom. The highest BCUT2D eigenvalue weighted by molar-refractivity contribution is 7.78. The van der Waals surface area contributed by atoms with Crippen molar-refractivity contribution in [2.75, 3.05) is 0 Å². The van der Waals surface area contributed by atoms with Crippen LogP contribution in [0.5, 0.6) is 0 Å². The van der Waals surface area contributed by atoms with Gasteiger partial charge in [0.15, 0.2) is 0 Å². The molecule has 0 radical (unpaired) electrons. The van der Waals surface area contributed by atoms with Gasteiger partial charge in [-0.15, -0.1) is 0 Å². The highest BCUT2D eigenvalue weighted by atomic mass is 32.1. The molecule has 3 rings (SSSR count). The zero-order valence-electron chi connectivity index (χ0n) is 16.5. The lowest BCUT2D eigenvalue weighted by molar-refractivity contribution is 0.141. The predicted molar refractivity (Wildman–Crippen MR) is 115 cm³/mol. The molecule has 2 heteroatoms. The SMILES string of the molecule is CCC[C@H]1CC[C@H](C2CCC(CCc3ccc(N=C=S)cc3)CC2)CC1. The molecule has 1 aromatic carbocycles. The summed E-state index contributed by atoms with van der Waals surface area (Å²) in [5.74, 6) is 4.09. The first-order valence-electron chi connectivity index (χ1n) is 10.9. The van der Waals surface area contributed by atoms with Gasteiger partial charge in [0.2, 0.25) is 0 Å². The van der Waals surface area contributed by atoms with Crippen molar-refractivity contribution in [2.45, 2.75) is 84.0 Å². The van der Waals surface area contributed by atoms with Gasteiger partial charge in [0.1, 0.15) is 0 Å². The second-order valence-corrected chi connectivity index (χ2v) is 8.94.